The minimum absolute atomic E-state index is 0.110. The number of hydrogen-bond donors (Lipinski definition) is 1. The lowest BCUT2D eigenvalue weighted by atomic mass is 10.1. The van der Waals surface area contributed by atoms with Crippen LogP contribution in [0.25, 0.3) is 6.08 Å². The van der Waals surface area contributed by atoms with Crippen LogP contribution in [0.15, 0.2) is 30.3 Å². The van der Waals surface area contributed by atoms with Gasteiger partial charge in [0.1, 0.15) is 0 Å². The first-order chi connectivity index (χ1) is 6.24. The van der Waals surface area contributed by atoms with Crippen LogP contribution in [0.1, 0.15) is 25.0 Å². The normalized spacial score (nSPS) is 11.4. The van der Waals surface area contributed by atoms with E-state index in [1.54, 1.807) is 0 Å². The van der Waals surface area contributed by atoms with Gasteiger partial charge < -0.3 is 5.11 Å². The molecule has 70 valence electrons. The predicted octanol–water partition coefficient (Wildman–Crippen LogP) is 2.85. The molecule has 13 heavy (non-hydrogen) atoms. The molecule has 1 nitrogen and oxygen atoms in total. The number of rotatable bonds is 3. The maximum Gasteiger partial charge on any atom is 0.0687 e. The molecule has 0 atom stereocenters. The summed E-state index contributed by atoms with van der Waals surface area (Å²) in [5.41, 5.74) is 2.10. The fourth-order valence-corrected chi connectivity index (χ4v) is 1.14. The minimum Gasteiger partial charge on any atom is -0.392 e. The molecule has 0 amide bonds. The molecule has 0 fully saturated rings. The van der Waals surface area contributed by atoms with Crippen molar-refractivity contribution < 1.29 is 5.11 Å². The lowest BCUT2D eigenvalue weighted by molar-refractivity contribution is 0.281. The van der Waals surface area contributed by atoms with Crippen molar-refractivity contribution >= 4 is 6.08 Å². The largest absolute Gasteiger partial charge is 0.392 e. The molecule has 1 heteroatoms. The van der Waals surface area contributed by atoms with Gasteiger partial charge in [0.15, 0.2) is 0 Å². The highest BCUT2D eigenvalue weighted by Crippen LogP contribution is 2.11. The number of aliphatic hydroxyl groups is 1. The van der Waals surface area contributed by atoms with E-state index in [0.717, 1.165) is 11.1 Å². The second kappa shape index (κ2) is 4.83. The van der Waals surface area contributed by atoms with E-state index in [-0.39, 0.29) is 6.61 Å². The third-order valence-corrected chi connectivity index (χ3v) is 1.89. The SMILES string of the molecule is CC(C)/C=C\c1ccccc1CO. The van der Waals surface area contributed by atoms with Crippen LogP contribution in [-0.4, -0.2) is 5.11 Å². The van der Waals surface area contributed by atoms with E-state index < -0.39 is 0 Å². The van der Waals surface area contributed by atoms with Gasteiger partial charge in [-0.05, 0) is 17.0 Å². The smallest absolute Gasteiger partial charge is 0.0687 e. The summed E-state index contributed by atoms with van der Waals surface area (Å²) in [6.45, 7) is 4.38. The van der Waals surface area contributed by atoms with Crippen LogP contribution in [0.4, 0.5) is 0 Å². The molecule has 0 aliphatic carbocycles. The first kappa shape index (κ1) is 10.0. The molecule has 1 aromatic rings. The van der Waals surface area contributed by atoms with E-state index in [9.17, 15) is 0 Å². The molecule has 1 N–H and O–H groups in total. The lowest BCUT2D eigenvalue weighted by Gasteiger charge is -2.02. The van der Waals surface area contributed by atoms with E-state index in [2.05, 4.69) is 26.0 Å². The zero-order valence-corrected chi connectivity index (χ0v) is 8.20. The zero-order valence-electron chi connectivity index (χ0n) is 8.20. The Kier molecular flexibility index (Phi) is 3.71. The maximum atomic E-state index is 9.05. The van der Waals surface area contributed by atoms with Crippen molar-refractivity contribution in [2.24, 2.45) is 5.92 Å². The van der Waals surface area contributed by atoms with Crippen LogP contribution in [-0.2, 0) is 6.61 Å². The topological polar surface area (TPSA) is 20.2 Å². The summed E-state index contributed by atoms with van der Waals surface area (Å²) in [4.78, 5) is 0. The van der Waals surface area contributed by atoms with E-state index in [0.29, 0.717) is 5.92 Å². The van der Waals surface area contributed by atoms with Gasteiger partial charge in [-0.2, -0.15) is 0 Å². The first-order valence-electron chi connectivity index (χ1n) is 4.61. The molecule has 0 aromatic heterocycles. The second-order valence-corrected chi connectivity index (χ2v) is 3.46. The highest BCUT2D eigenvalue weighted by atomic mass is 16.3. The van der Waals surface area contributed by atoms with Gasteiger partial charge in [0.25, 0.3) is 0 Å². The van der Waals surface area contributed by atoms with E-state index in [4.69, 9.17) is 5.11 Å². The van der Waals surface area contributed by atoms with Crippen LogP contribution >= 0.6 is 0 Å². The molecule has 0 radical (unpaired) electrons. The van der Waals surface area contributed by atoms with Crippen molar-refractivity contribution in [3.05, 3.63) is 41.5 Å². The molecule has 0 saturated carbocycles. The molecule has 0 spiro atoms. The quantitative estimate of drug-likeness (QED) is 0.750. The van der Waals surface area contributed by atoms with Gasteiger partial charge in [0.05, 0.1) is 6.61 Å². The fourth-order valence-electron chi connectivity index (χ4n) is 1.14. The Morgan fingerprint density at radius 1 is 1.31 bits per heavy atom. The highest BCUT2D eigenvalue weighted by Gasteiger charge is 1.95. The van der Waals surface area contributed by atoms with Gasteiger partial charge in [0.2, 0.25) is 0 Å². The predicted molar refractivity (Wildman–Crippen MR) is 56.2 cm³/mol. The molecule has 0 aliphatic heterocycles. The van der Waals surface area contributed by atoms with Gasteiger partial charge in [-0.1, -0.05) is 50.3 Å². The first-order valence-corrected chi connectivity index (χ1v) is 4.61. The molecule has 0 heterocycles. The van der Waals surface area contributed by atoms with Gasteiger partial charge in [-0.3, -0.25) is 0 Å². The molecule has 0 saturated heterocycles. The van der Waals surface area contributed by atoms with Crippen LogP contribution in [0.5, 0.6) is 0 Å². The summed E-state index contributed by atoms with van der Waals surface area (Å²) in [5.74, 6) is 0.548. The summed E-state index contributed by atoms with van der Waals surface area (Å²) < 4.78 is 0. The average Bonchev–Trinajstić information content (AvgIpc) is 2.15. The Morgan fingerprint density at radius 3 is 2.62 bits per heavy atom. The fraction of sp³-hybridized carbons (Fsp3) is 0.333. The minimum atomic E-state index is 0.110. The number of benzene rings is 1. The van der Waals surface area contributed by atoms with Crippen LogP contribution in [0.3, 0.4) is 0 Å². The number of allylic oxidation sites excluding steroid dienone is 1. The van der Waals surface area contributed by atoms with Gasteiger partial charge in [0, 0.05) is 0 Å². The third-order valence-electron chi connectivity index (χ3n) is 1.89. The molecule has 0 aliphatic rings. The van der Waals surface area contributed by atoms with Crippen molar-refractivity contribution in [2.45, 2.75) is 20.5 Å². The van der Waals surface area contributed by atoms with E-state index >= 15 is 0 Å². The molecule has 1 aromatic carbocycles. The number of hydrogen-bond acceptors (Lipinski definition) is 1. The Hall–Kier alpha value is -1.08. The Morgan fingerprint density at radius 2 is 2.00 bits per heavy atom. The second-order valence-electron chi connectivity index (χ2n) is 3.46. The van der Waals surface area contributed by atoms with Crippen molar-refractivity contribution in [1.82, 2.24) is 0 Å². The molecular weight excluding hydrogens is 160 g/mol. The van der Waals surface area contributed by atoms with Crippen LogP contribution < -0.4 is 0 Å². The van der Waals surface area contributed by atoms with Crippen LogP contribution in [0.2, 0.25) is 0 Å². The summed E-state index contributed by atoms with van der Waals surface area (Å²) in [6, 6.07) is 7.89. The molecule has 0 bridgehead atoms. The van der Waals surface area contributed by atoms with Gasteiger partial charge >= 0.3 is 0 Å². The third kappa shape index (κ3) is 3.03. The number of aliphatic hydroxyl groups excluding tert-OH is 1. The summed E-state index contributed by atoms with van der Waals surface area (Å²) >= 11 is 0. The maximum absolute atomic E-state index is 9.05. The van der Waals surface area contributed by atoms with Crippen molar-refractivity contribution in [3.8, 4) is 0 Å². The van der Waals surface area contributed by atoms with Crippen molar-refractivity contribution in [2.75, 3.05) is 0 Å². The van der Waals surface area contributed by atoms with Crippen LogP contribution in [0, 0.1) is 5.92 Å². The molecule has 0 unspecified atom stereocenters. The van der Waals surface area contributed by atoms with E-state index in [1.807, 2.05) is 24.3 Å². The summed E-state index contributed by atoms with van der Waals surface area (Å²) in [7, 11) is 0. The Balaban J connectivity index is 2.87. The monoisotopic (exact) mass is 176 g/mol. The average molecular weight is 176 g/mol. The van der Waals surface area contributed by atoms with Gasteiger partial charge in [-0.25, -0.2) is 0 Å². The summed E-state index contributed by atoms with van der Waals surface area (Å²) in [5, 5.41) is 9.05. The lowest BCUT2D eigenvalue weighted by Crippen LogP contribution is -1.87. The Bertz CT molecular complexity index is 287. The van der Waals surface area contributed by atoms with Gasteiger partial charge in [-0.15, -0.1) is 0 Å². The molecule has 1 rings (SSSR count). The highest BCUT2D eigenvalue weighted by molar-refractivity contribution is 5.53. The Labute approximate surface area is 79.7 Å². The standard InChI is InChI=1S/C12H16O/c1-10(2)7-8-11-5-3-4-6-12(11)9-13/h3-8,10,13H,9H2,1-2H3/b8-7-. The molecular formula is C12H16O. The van der Waals surface area contributed by atoms with Crippen molar-refractivity contribution in [3.63, 3.8) is 0 Å². The zero-order chi connectivity index (χ0) is 9.68. The van der Waals surface area contributed by atoms with E-state index in [1.165, 1.54) is 0 Å². The van der Waals surface area contributed by atoms with Crippen molar-refractivity contribution in [1.29, 1.82) is 0 Å². The summed E-state index contributed by atoms with van der Waals surface area (Å²) in [6.07, 6.45) is 4.20.